The summed E-state index contributed by atoms with van der Waals surface area (Å²) in [7, 11) is 0. The Kier molecular flexibility index (Phi) is 5.41. The van der Waals surface area contributed by atoms with Crippen molar-refractivity contribution >= 4 is 28.7 Å². The maximum Gasteiger partial charge on any atom is 0.415 e. The van der Waals surface area contributed by atoms with E-state index in [0.29, 0.717) is 10.9 Å². The molecule has 3 rings (SSSR count). The number of fused-ring (bicyclic) bond motifs is 1. The fourth-order valence-corrected chi connectivity index (χ4v) is 2.64. The molecule has 0 saturated carbocycles. The Bertz CT molecular complexity index is 989. The molecule has 0 aliphatic rings. The first-order chi connectivity index (χ1) is 13.1. The second-order valence-corrected chi connectivity index (χ2v) is 5.66. The van der Waals surface area contributed by atoms with Crippen molar-refractivity contribution in [2.24, 2.45) is 0 Å². The molecule has 0 aliphatic carbocycles. The number of hydrogen-bond acceptors (Lipinski definition) is 5. The largest absolute Gasteiger partial charge is 0.476 e. The lowest BCUT2D eigenvalue weighted by Gasteiger charge is -2.23. The first kappa shape index (κ1) is 18.1. The Morgan fingerprint density at radius 2 is 1.78 bits per heavy atom. The molecule has 0 spiro atoms. The van der Waals surface area contributed by atoms with Gasteiger partial charge >= 0.3 is 12.1 Å². The molecule has 3 aromatic rings. The highest BCUT2D eigenvalue weighted by molar-refractivity contribution is 6.08. The fraction of sp³-hybridized carbons (Fsp3) is 0.100. The predicted octanol–water partition coefficient (Wildman–Crippen LogP) is 3.66. The molecule has 0 bridgehead atoms. The van der Waals surface area contributed by atoms with Gasteiger partial charge in [-0.3, -0.25) is 4.90 Å². The molecule has 1 N–H and O–H groups in total. The van der Waals surface area contributed by atoms with Gasteiger partial charge in [0.2, 0.25) is 0 Å². The smallest absolute Gasteiger partial charge is 0.415 e. The number of benzene rings is 2. The van der Waals surface area contributed by atoms with E-state index in [1.54, 1.807) is 24.3 Å². The molecule has 7 heteroatoms. The second kappa shape index (κ2) is 8.09. The van der Waals surface area contributed by atoms with E-state index >= 15 is 0 Å². The molecule has 0 aliphatic heterocycles. The number of rotatable bonds is 6. The Morgan fingerprint density at radius 1 is 1.07 bits per heavy atom. The summed E-state index contributed by atoms with van der Waals surface area (Å²) in [6.45, 7) is 3.77. The van der Waals surface area contributed by atoms with E-state index < -0.39 is 12.1 Å². The number of carboxylic acid groups (broad SMARTS) is 1. The van der Waals surface area contributed by atoms with E-state index in [4.69, 9.17) is 4.74 Å². The molecule has 136 valence electrons. The van der Waals surface area contributed by atoms with Crippen LogP contribution in [-0.2, 0) is 11.3 Å². The van der Waals surface area contributed by atoms with Crippen LogP contribution in [0.4, 0.5) is 10.5 Å². The molecule has 2 aromatic carbocycles. The number of hydrogen-bond donors (Lipinski definition) is 1. The molecule has 27 heavy (non-hydrogen) atoms. The number of ether oxygens (including phenoxy) is 1. The third kappa shape index (κ3) is 3.92. The lowest BCUT2D eigenvalue weighted by molar-refractivity contribution is 0.0690. The van der Waals surface area contributed by atoms with E-state index in [-0.39, 0.29) is 24.5 Å². The highest BCUT2D eigenvalue weighted by atomic mass is 16.6. The van der Waals surface area contributed by atoms with Crippen molar-refractivity contribution in [3.8, 4) is 0 Å². The van der Waals surface area contributed by atoms with Crippen molar-refractivity contribution in [1.82, 2.24) is 10.2 Å². The maximum absolute atomic E-state index is 12.7. The minimum absolute atomic E-state index is 0.0591. The standard InChI is InChI=1S/C20H17N3O4/c1-2-12-23(20(26)27-13-14-8-4-3-5-9-14)18-15-10-6-7-11-16(15)21-22-17(18)19(24)25/h2-11H,1,12-13H2,(H,24,25). The maximum atomic E-state index is 12.7. The van der Waals surface area contributed by atoms with Gasteiger partial charge in [0.05, 0.1) is 11.2 Å². The predicted molar refractivity (Wildman–Crippen MR) is 101 cm³/mol. The summed E-state index contributed by atoms with van der Waals surface area (Å²) in [5.41, 5.74) is 1.10. The number of aromatic nitrogens is 2. The molecule has 0 radical (unpaired) electrons. The van der Waals surface area contributed by atoms with Gasteiger partial charge in [0, 0.05) is 11.9 Å². The molecule has 0 unspecified atom stereocenters. The van der Waals surface area contributed by atoms with Crippen molar-refractivity contribution in [3.63, 3.8) is 0 Å². The first-order valence-corrected chi connectivity index (χ1v) is 8.19. The van der Waals surface area contributed by atoms with Gasteiger partial charge in [-0.2, -0.15) is 0 Å². The monoisotopic (exact) mass is 363 g/mol. The average molecular weight is 363 g/mol. The molecule has 0 fully saturated rings. The Morgan fingerprint density at radius 3 is 2.48 bits per heavy atom. The van der Waals surface area contributed by atoms with Gasteiger partial charge in [-0.05, 0) is 11.6 Å². The highest BCUT2D eigenvalue weighted by Crippen LogP contribution is 2.29. The van der Waals surface area contributed by atoms with Gasteiger partial charge < -0.3 is 9.84 Å². The summed E-state index contributed by atoms with van der Waals surface area (Å²) in [5, 5.41) is 17.7. The zero-order valence-corrected chi connectivity index (χ0v) is 14.4. The summed E-state index contributed by atoms with van der Waals surface area (Å²) in [5.74, 6) is -1.28. The lowest BCUT2D eigenvalue weighted by atomic mass is 10.1. The van der Waals surface area contributed by atoms with Crippen LogP contribution >= 0.6 is 0 Å². The number of carbonyl (C=O) groups excluding carboxylic acids is 1. The minimum Gasteiger partial charge on any atom is -0.476 e. The third-order valence-corrected chi connectivity index (χ3v) is 3.85. The van der Waals surface area contributed by atoms with Crippen molar-refractivity contribution in [1.29, 1.82) is 0 Å². The van der Waals surface area contributed by atoms with Crippen LogP contribution in [0, 0.1) is 0 Å². The van der Waals surface area contributed by atoms with Crippen LogP contribution in [0.3, 0.4) is 0 Å². The van der Waals surface area contributed by atoms with Crippen LogP contribution in [0.1, 0.15) is 16.1 Å². The van der Waals surface area contributed by atoms with Crippen molar-refractivity contribution in [2.75, 3.05) is 11.4 Å². The van der Waals surface area contributed by atoms with Crippen LogP contribution in [0.5, 0.6) is 0 Å². The van der Waals surface area contributed by atoms with Gasteiger partial charge in [0.25, 0.3) is 0 Å². The molecular formula is C20H17N3O4. The normalized spacial score (nSPS) is 10.4. The minimum atomic E-state index is -1.28. The third-order valence-electron chi connectivity index (χ3n) is 3.85. The summed E-state index contributed by atoms with van der Waals surface area (Å²) >= 11 is 0. The summed E-state index contributed by atoms with van der Waals surface area (Å²) < 4.78 is 5.38. The Balaban J connectivity index is 2.01. The summed E-state index contributed by atoms with van der Waals surface area (Å²) in [6.07, 6.45) is 0.796. The SMILES string of the molecule is C=CCN(C(=O)OCc1ccccc1)c1c(C(=O)O)nnc2ccccc12. The Labute approximate surface area is 155 Å². The van der Waals surface area contributed by atoms with Crippen molar-refractivity contribution < 1.29 is 19.4 Å². The van der Waals surface area contributed by atoms with Gasteiger partial charge in [0.15, 0.2) is 5.69 Å². The quantitative estimate of drug-likeness (QED) is 0.672. The van der Waals surface area contributed by atoms with Crippen LogP contribution < -0.4 is 4.90 Å². The fourth-order valence-electron chi connectivity index (χ4n) is 2.64. The van der Waals surface area contributed by atoms with E-state index in [0.717, 1.165) is 5.56 Å². The summed E-state index contributed by atoms with van der Waals surface area (Å²) in [6, 6.07) is 16.1. The number of carbonyl (C=O) groups is 2. The van der Waals surface area contributed by atoms with E-state index in [2.05, 4.69) is 16.8 Å². The summed E-state index contributed by atoms with van der Waals surface area (Å²) in [4.78, 5) is 25.6. The van der Waals surface area contributed by atoms with Crippen LogP contribution in [0.2, 0.25) is 0 Å². The van der Waals surface area contributed by atoms with Crippen molar-refractivity contribution in [2.45, 2.75) is 6.61 Å². The van der Waals surface area contributed by atoms with Gasteiger partial charge in [0.1, 0.15) is 6.61 Å². The average Bonchev–Trinajstić information content (AvgIpc) is 2.70. The van der Waals surface area contributed by atoms with E-state index in [1.165, 1.54) is 11.0 Å². The van der Waals surface area contributed by atoms with Crippen LogP contribution in [0.15, 0.2) is 67.3 Å². The zero-order chi connectivity index (χ0) is 19.2. The zero-order valence-electron chi connectivity index (χ0n) is 14.4. The molecule has 0 saturated heterocycles. The van der Waals surface area contributed by atoms with E-state index in [9.17, 15) is 14.7 Å². The molecule has 1 aromatic heterocycles. The van der Waals surface area contributed by atoms with Gasteiger partial charge in [-0.1, -0.05) is 54.6 Å². The number of carboxylic acids is 1. The number of amides is 1. The molecular weight excluding hydrogens is 346 g/mol. The highest BCUT2D eigenvalue weighted by Gasteiger charge is 2.26. The first-order valence-electron chi connectivity index (χ1n) is 8.19. The van der Waals surface area contributed by atoms with Crippen LogP contribution in [0.25, 0.3) is 10.9 Å². The molecule has 7 nitrogen and oxygen atoms in total. The lowest BCUT2D eigenvalue weighted by Crippen LogP contribution is -2.33. The van der Waals surface area contributed by atoms with E-state index in [1.807, 2.05) is 30.3 Å². The van der Waals surface area contributed by atoms with Gasteiger partial charge in [-0.15, -0.1) is 16.8 Å². The second-order valence-electron chi connectivity index (χ2n) is 5.66. The number of aromatic carboxylic acids is 1. The molecule has 1 heterocycles. The molecule has 0 atom stereocenters. The van der Waals surface area contributed by atoms with Gasteiger partial charge in [-0.25, -0.2) is 9.59 Å². The topological polar surface area (TPSA) is 92.6 Å². The van der Waals surface area contributed by atoms with Crippen LogP contribution in [-0.4, -0.2) is 33.9 Å². The molecule has 1 amide bonds. The Hall–Kier alpha value is -3.74. The number of anilines is 1. The number of nitrogens with zero attached hydrogens (tertiary/aromatic N) is 3. The van der Waals surface area contributed by atoms with Crippen molar-refractivity contribution in [3.05, 3.63) is 78.5 Å².